The van der Waals surface area contributed by atoms with Crippen LogP contribution in [0.25, 0.3) is 10.1 Å². The summed E-state index contributed by atoms with van der Waals surface area (Å²) in [5, 5.41) is 21.5. The second kappa shape index (κ2) is 2.77. The standard InChI is InChI=1S/C8H5IO2S/c9-6-7(11)5(10)3-4-1-2-12-8(4)6/h1-3,10-11H. The van der Waals surface area contributed by atoms with E-state index in [1.165, 1.54) is 0 Å². The Bertz CT molecular complexity index is 436. The van der Waals surface area contributed by atoms with Crippen LogP contribution in [0.3, 0.4) is 0 Å². The summed E-state index contributed by atoms with van der Waals surface area (Å²) in [5.41, 5.74) is 0. The molecule has 4 heteroatoms. The van der Waals surface area contributed by atoms with E-state index in [2.05, 4.69) is 0 Å². The lowest BCUT2D eigenvalue weighted by molar-refractivity contribution is 0.402. The summed E-state index contributed by atoms with van der Waals surface area (Å²) in [6.07, 6.45) is 0. The fraction of sp³-hybridized carbons (Fsp3) is 0. The number of benzene rings is 1. The van der Waals surface area contributed by atoms with Crippen molar-refractivity contribution in [3.8, 4) is 11.5 Å². The van der Waals surface area contributed by atoms with Crippen LogP contribution in [0.2, 0.25) is 0 Å². The molecule has 1 aromatic heterocycles. The molecule has 0 aliphatic rings. The van der Waals surface area contributed by atoms with Crippen molar-refractivity contribution in [3.63, 3.8) is 0 Å². The third-order valence-corrected chi connectivity index (χ3v) is 4.00. The van der Waals surface area contributed by atoms with Gasteiger partial charge in [-0.2, -0.15) is 0 Å². The first-order chi connectivity index (χ1) is 5.70. The molecule has 2 nitrogen and oxygen atoms in total. The van der Waals surface area contributed by atoms with Crippen LogP contribution in [0.15, 0.2) is 17.5 Å². The van der Waals surface area contributed by atoms with E-state index < -0.39 is 0 Å². The Labute approximate surface area is 86.6 Å². The van der Waals surface area contributed by atoms with Gasteiger partial charge in [-0.3, -0.25) is 0 Å². The third kappa shape index (κ3) is 1.06. The highest BCUT2D eigenvalue weighted by molar-refractivity contribution is 14.1. The smallest absolute Gasteiger partial charge is 0.172 e. The predicted octanol–water partition coefficient (Wildman–Crippen LogP) is 2.92. The second-order valence-corrected chi connectivity index (χ2v) is 4.39. The van der Waals surface area contributed by atoms with E-state index in [1.807, 2.05) is 34.0 Å². The van der Waals surface area contributed by atoms with Gasteiger partial charge in [-0.1, -0.05) is 0 Å². The monoisotopic (exact) mass is 292 g/mol. The molecular weight excluding hydrogens is 287 g/mol. The number of hydrogen-bond acceptors (Lipinski definition) is 3. The Hall–Kier alpha value is -0.490. The predicted molar refractivity (Wildman–Crippen MR) is 57.9 cm³/mol. The van der Waals surface area contributed by atoms with Gasteiger partial charge in [0.05, 0.1) is 8.27 Å². The van der Waals surface area contributed by atoms with E-state index in [-0.39, 0.29) is 11.5 Å². The molecule has 0 fully saturated rings. The normalized spacial score (nSPS) is 10.8. The maximum Gasteiger partial charge on any atom is 0.172 e. The minimum absolute atomic E-state index is 0.0226. The largest absolute Gasteiger partial charge is 0.504 e. The molecule has 12 heavy (non-hydrogen) atoms. The minimum atomic E-state index is -0.0506. The number of thiophene rings is 1. The molecule has 0 saturated carbocycles. The van der Waals surface area contributed by atoms with E-state index in [0.717, 1.165) is 13.7 Å². The van der Waals surface area contributed by atoms with Gasteiger partial charge in [0.15, 0.2) is 11.5 Å². The van der Waals surface area contributed by atoms with E-state index >= 15 is 0 Å². The molecule has 0 amide bonds. The number of phenols is 2. The summed E-state index contributed by atoms with van der Waals surface area (Å²) in [5.74, 6) is -0.0733. The van der Waals surface area contributed by atoms with Gasteiger partial charge < -0.3 is 10.2 Å². The molecule has 0 spiro atoms. The summed E-state index contributed by atoms with van der Waals surface area (Å²) in [7, 11) is 0. The summed E-state index contributed by atoms with van der Waals surface area (Å²) < 4.78 is 1.74. The molecule has 0 unspecified atom stereocenters. The lowest BCUT2D eigenvalue weighted by Crippen LogP contribution is -1.75. The molecule has 1 aromatic carbocycles. The summed E-state index contributed by atoms with van der Waals surface area (Å²) >= 11 is 3.58. The van der Waals surface area contributed by atoms with Crippen LogP contribution in [-0.4, -0.2) is 10.2 Å². The van der Waals surface area contributed by atoms with Gasteiger partial charge in [-0.25, -0.2) is 0 Å². The Kier molecular flexibility index (Phi) is 1.88. The van der Waals surface area contributed by atoms with Crippen molar-refractivity contribution in [2.45, 2.75) is 0 Å². The topological polar surface area (TPSA) is 40.5 Å². The third-order valence-electron chi connectivity index (χ3n) is 1.64. The Balaban J connectivity index is 2.94. The lowest BCUT2D eigenvalue weighted by atomic mass is 10.2. The highest BCUT2D eigenvalue weighted by Crippen LogP contribution is 2.38. The Morgan fingerprint density at radius 1 is 1.33 bits per heavy atom. The first-order valence-electron chi connectivity index (χ1n) is 3.28. The molecule has 0 radical (unpaired) electrons. The van der Waals surface area contributed by atoms with Crippen LogP contribution in [0, 0.1) is 3.57 Å². The van der Waals surface area contributed by atoms with Gasteiger partial charge in [0.2, 0.25) is 0 Å². The second-order valence-electron chi connectivity index (χ2n) is 2.40. The van der Waals surface area contributed by atoms with Crippen molar-refractivity contribution < 1.29 is 10.2 Å². The highest BCUT2D eigenvalue weighted by atomic mass is 127. The minimum Gasteiger partial charge on any atom is -0.504 e. The first-order valence-corrected chi connectivity index (χ1v) is 5.23. The molecule has 0 aliphatic heterocycles. The molecular formula is C8H5IO2S. The van der Waals surface area contributed by atoms with E-state index in [0.29, 0.717) is 0 Å². The molecule has 1 heterocycles. The fourth-order valence-corrected chi connectivity index (χ4v) is 2.83. The zero-order valence-electron chi connectivity index (χ0n) is 5.91. The van der Waals surface area contributed by atoms with Crippen molar-refractivity contribution in [2.24, 2.45) is 0 Å². The number of halogens is 1. The first kappa shape index (κ1) is 8.12. The molecule has 2 N–H and O–H groups in total. The Morgan fingerprint density at radius 3 is 2.83 bits per heavy atom. The van der Waals surface area contributed by atoms with Gasteiger partial charge in [0.1, 0.15) is 0 Å². The van der Waals surface area contributed by atoms with Crippen molar-refractivity contribution in [1.29, 1.82) is 0 Å². The number of rotatable bonds is 0. The van der Waals surface area contributed by atoms with Crippen molar-refractivity contribution in [3.05, 3.63) is 21.1 Å². The molecule has 0 bridgehead atoms. The van der Waals surface area contributed by atoms with Crippen LogP contribution in [0.5, 0.6) is 11.5 Å². The van der Waals surface area contributed by atoms with Gasteiger partial charge in [0.25, 0.3) is 0 Å². The maximum absolute atomic E-state index is 9.37. The van der Waals surface area contributed by atoms with Crippen LogP contribution >= 0.6 is 33.9 Å². The van der Waals surface area contributed by atoms with Crippen LogP contribution in [0.4, 0.5) is 0 Å². The lowest BCUT2D eigenvalue weighted by Gasteiger charge is -2.00. The molecule has 0 atom stereocenters. The zero-order chi connectivity index (χ0) is 8.72. The maximum atomic E-state index is 9.37. The molecule has 2 aromatic rings. The number of aromatic hydroxyl groups is 2. The van der Waals surface area contributed by atoms with E-state index in [1.54, 1.807) is 17.4 Å². The van der Waals surface area contributed by atoms with Crippen molar-refractivity contribution in [2.75, 3.05) is 0 Å². The number of hydrogen-bond donors (Lipinski definition) is 2. The van der Waals surface area contributed by atoms with E-state index in [4.69, 9.17) is 0 Å². The van der Waals surface area contributed by atoms with Gasteiger partial charge >= 0.3 is 0 Å². The van der Waals surface area contributed by atoms with Crippen LogP contribution in [-0.2, 0) is 0 Å². The van der Waals surface area contributed by atoms with Gasteiger partial charge in [-0.05, 0) is 45.5 Å². The molecule has 0 saturated heterocycles. The number of phenolic OH excluding ortho intramolecular Hbond substituents is 2. The van der Waals surface area contributed by atoms with Gasteiger partial charge in [0, 0.05) is 0 Å². The van der Waals surface area contributed by atoms with Crippen molar-refractivity contribution >= 4 is 44.0 Å². The summed E-state index contributed by atoms with van der Waals surface area (Å²) in [6, 6.07) is 3.49. The zero-order valence-corrected chi connectivity index (χ0v) is 8.89. The highest BCUT2D eigenvalue weighted by Gasteiger charge is 2.09. The average Bonchev–Trinajstić information content (AvgIpc) is 2.48. The molecule has 0 aliphatic carbocycles. The average molecular weight is 292 g/mol. The Morgan fingerprint density at radius 2 is 2.08 bits per heavy atom. The summed E-state index contributed by atoms with van der Waals surface area (Å²) in [4.78, 5) is 0. The SMILES string of the molecule is Oc1cc2ccsc2c(I)c1O. The van der Waals surface area contributed by atoms with Crippen molar-refractivity contribution in [1.82, 2.24) is 0 Å². The molecule has 2 rings (SSSR count). The molecule has 62 valence electrons. The van der Waals surface area contributed by atoms with Gasteiger partial charge in [-0.15, -0.1) is 11.3 Å². The van der Waals surface area contributed by atoms with Crippen LogP contribution in [0.1, 0.15) is 0 Å². The summed E-state index contributed by atoms with van der Waals surface area (Å²) in [6.45, 7) is 0. The van der Waals surface area contributed by atoms with E-state index in [9.17, 15) is 10.2 Å². The quantitative estimate of drug-likeness (QED) is 0.579. The van der Waals surface area contributed by atoms with Crippen LogP contribution < -0.4 is 0 Å². The fourth-order valence-electron chi connectivity index (χ4n) is 1.05. The number of fused-ring (bicyclic) bond motifs is 1.